The van der Waals surface area contributed by atoms with Gasteiger partial charge in [0.25, 0.3) is 0 Å². The number of nitrogens with zero attached hydrogens (tertiary/aromatic N) is 2. The molecule has 6 heteroatoms. The molecule has 1 aromatic rings. The molecule has 1 atom stereocenters. The van der Waals surface area contributed by atoms with Gasteiger partial charge in [-0.15, -0.1) is 0 Å². The molecular weight excluding hydrogens is 448 g/mol. The molecule has 0 bridgehead atoms. The Balaban J connectivity index is 1.62. The zero-order valence-electron chi connectivity index (χ0n) is 22.3. The SMILES string of the molecule is Cc1cccc(NC(=O)NC2CN(CC(=O)C(C)(C)C)C3=CC=CCC=C3N(C3CCCCC3)C2)c1. The van der Waals surface area contributed by atoms with E-state index < -0.39 is 5.41 Å². The fourth-order valence-electron chi connectivity index (χ4n) is 5.36. The van der Waals surface area contributed by atoms with Crippen molar-refractivity contribution in [1.29, 1.82) is 0 Å². The minimum atomic E-state index is -0.425. The largest absolute Gasteiger partial charge is 0.365 e. The molecule has 2 amide bonds. The van der Waals surface area contributed by atoms with Crippen LogP contribution in [0.1, 0.15) is 64.9 Å². The molecule has 1 heterocycles. The maximum atomic E-state index is 13.2. The van der Waals surface area contributed by atoms with Crippen molar-refractivity contribution in [3.8, 4) is 0 Å². The van der Waals surface area contributed by atoms with Crippen LogP contribution in [0.5, 0.6) is 0 Å². The quantitative estimate of drug-likeness (QED) is 0.549. The second-order valence-electron chi connectivity index (χ2n) is 11.5. The normalized spacial score (nSPS) is 21.1. The molecule has 36 heavy (non-hydrogen) atoms. The third-order valence-corrected chi connectivity index (χ3v) is 7.41. The molecule has 4 rings (SSSR count). The summed E-state index contributed by atoms with van der Waals surface area (Å²) in [5, 5.41) is 6.25. The van der Waals surface area contributed by atoms with Crippen LogP contribution < -0.4 is 10.6 Å². The molecule has 0 radical (unpaired) electrons. The van der Waals surface area contributed by atoms with Gasteiger partial charge in [-0.2, -0.15) is 0 Å². The van der Waals surface area contributed by atoms with Gasteiger partial charge < -0.3 is 20.4 Å². The van der Waals surface area contributed by atoms with Crippen molar-refractivity contribution < 1.29 is 9.59 Å². The number of hydrogen-bond acceptors (Lipinski definition) is 4. The lowest BCUT2D eigenvalue weighted by Crippen LogP contribution is -2.50. The maximum Gasteiger partial charge on any atom is 0.319 e. The van der Waals surface area contributed by atoms with E-state index in [0.29, 0.717) is 19.1 Å². The Kier molecular flexibility index (Phi) is 8.22. The van der Waals surface area contributed by atoms with Gasteiger partial charge >= 0.3 is 6.03 Å². The summed E-state index contributed by atoms with van der Waals surface area (Å²) in [6.45, 7) is 9.59. The molecule has 1 aliphatic heterocycles. The van der Waals surface area contributed by atoms with Crippen LogP contribution in [-0.2, 0) is 4.79 Å². The van der Waals surface area contributed by atoms with Gasteiger partial charge in [0.15, 0.2) is 5.78 Å². The van der Waals surface area contributed by atoms with Gasteiger partial charge in [0.2, 0.25) is 0 Å². The number of anilines is 1. The lowest BCUT2D eigenvalue weighted by atomic mass is 9.90. The van der Waals surface area contributed by atoms with E-state index in [4.69, 9.17) is 0 Å². The average Bonchev–Trinajstić information content (AvgIpc) is 3.14. The van der Waals surface area contributed by atoms with E-state index in [0.717, 1.165) is 29.9 Å². The summed E-state index contributed by atoms with van der Waals surface area (Å²) in [7, 11) is 0. The minimum Gasteiger partial charge on any atom is -0.365 e. The van der Waals surface area contributed by atoms with Crippen LogP contribution in [0.2, 0.25) is 0 Å². The number of nitrogens with one attached hydrogen (secondary N) is 2. The molecule has 2 N–H and O–H groups in total. The van der Waals surface area contributed by atoms with Crippen molar-refractivity contribution >= 4 is 17.5 Å². The summed E-state index contributed by atoms with van der Waals surface area (Å²) in [6, 6.07) is 7.96. The van der Waals surface area contributed by atoms with Crippen LogP contribution in [0.3, 0.4) is 0 Å². The van der Waals surface area contributed by atoms with Gasteiger partial charge in [0.05, 0.1) is 24.0 Å². The topological polar surface area (TPSA) is 64.7 Å². The number of benzene rings is 1. The van der Waals surface area contributed by atoms with Gasteiger partial charge in [-0.1, -0.05) is 70.4 Å². The summed E-state index contributed by atoms with van der Waals surface area (Å²) < 4.78 is 0. The van der Waals surface area contributed by atoms with E-state index in [1.54, 1.807) is 0 Å². The predicted molar refractivity (Wildman–Crippen MR) is 147 cm³/mol. The number of Topliss-reactive ketones (excluding diaryl/α,β-unsaturated/α-hetero) is 1. The smallest absolute Gasteiger partial charge is 0.319 e. The van der Waals surface area contributed by atoms with Gasteiger partial charge in [-0.3, -0.25) is 4.79 Å². The molecule has 2 fully saturated rings. The van der Waals surface area contributed by atoms with Crippen LogP contribution in [-0.4, -0.2) is 53.3 Å². The molecular formula is C30H42N4O2. The van der Waals surface area contributed by atoms with E-state index in [2.05, 4.69) is 44.7 Å². The van der Waals surface area contributed by atoms with Crippen molar-refractivity contribution in [3.05, 3.63) is 65.5 Å². The van der Waals surface area contributed by atoms with E-state index in [9.17, 15) is 9.59 Å². The first kappa shape index (κ1) is 26.1. The predicted octanol–water partition coefficient (Wildman–Crippen LogP) is 5.78. The van der Waals surface area contributed by atoms with Crippen molar-refractivity contribution in [2.75, 3.05) is 25.0 Å². The number of rotatable bonds is 5. The maximum absolute atomic E-state index is 13.2. The lowest BCUT2D eigenvalue weighted by Gasteiger charge is -2.38. The number of urea groups is 1. The summed E-state index contributed by atoms with van der Waals surface area (Å²) in [5.74, 6) is 0.199. The second-order valence-corrected chi connectivity index (χ2v) is 11.5. The van der Waals surface area contributed by atoms with Crippen LogP contribution in [0.4, 0.5) is 10.5 Å². The van der Waals surface area contributed by atoms with Crippen molar-refractivity contribution in [2.24, 2.45) is 5.41 Å². The van der Waals surface area contributed by atoms with Crippen molar-refractivity contribution in [3.63, 3.8) is 0 Å². The molecule has 3 aliphatic rings. The molecule has 2 aliphatic carbocycles. The number of carbonyl (C=O) groups is 2. The van der Waals surface area contributed by atoms with E-state index in [1.807, 2.05) is 52.0 Å². The molecule has 1 saturated carbocycles. The van der Waals surface area contributed by atoms with Crippen LogP contribution >= 0.6 is 0 Å². The molecule has 1 saturated heterocycles. The Labute approximate surface area is 216 Å². The summed E-state index contributed by atoms with van der Waals surface area (Å²) >= 11 is 0. The first-order chi connectivity index (χ1) is 17.2. The average molecular weight is 491 g/mol. The van der Waals surface area contributed by atoms with E-state index in [1.165, 1.54) is 37.8 Å². The van der Waals surface area contributed by atoms with Crippen molar-refractivity contribution in [2.45, 2.75) is 78.3 Å². The highest BCUT2D eigenvalue weighted by molar-refractivity contribution is 5.89. The first-order valence-electron chi connectivity index (χ1n) is 13.5. The molecule has 1 unspecified atom stereocenters. The van der Waals surface area contributed by atoms with Gasteiger partial charge in [-0.05, 0) is 50.0 Å². The van der Waals surface area contributed by atoms with E-state index in [-0.39, 0.29) is 17.9 Å². The number of ketones is 1. The third kappa shape index (κ3) is 6.59. The zero-order chi connectivity index (χ0) is 25.7. The third-order valence-electron chi connectivity index (χ3n) is 7.41. The molecule has 1 aromatic carbocycles. The van der Waals surface area contributed by atoms with Crippen molar-refractivity contribution in [1.82, 2.24) is 15.1 Å². The van der Waals surface area contributed by atoms with Crippen LogP contribution in [0.25, 0.3) is 0 Å². The lowest BCUT2D eigenvalue weighted by molar-refractivity contribution is -0.127. The highest BCUT2D eigenvalue weighted by atomic mass is 16.2. The molecule has 194 valence electrons. The highest BCUT2D eigenvalue weighted by Crippen LogP contribution is 2.33. The Bertz CT molecular complexity index is 1040. The van der Waals surface area contributed by atoms with E-state index >= 15 is 0 Å². The van der Waals surface area contributed by atoms with Crippen LogP contribution in [0.15, 0.2) is 60.0 Å². The van der Waals surface area contributed by atoms with Crippen LogP contribution in [0, 0.1) is 12.3 Å². The Morgan fingerprint density at radius 2 is 1.83 bits per heavy atom. The molecule has 6 nitrogen and oxygen atoms in total. The van der Waals surface area contributed by atoms with Gasteiger partial charge in [-0.25, -0.2) is 4.79 Å². The standard InChI is InChI=1S/C30H42N4O2/c1-22-12-11-13-23(18-22)31-29(36)32-24-19-33(21-28(35)30(2,3)4)26-16-9-6-10-17-27(26)34(20-24)25-14-7-5-8-15-25/h6,9,11-13,16-18,24-25H,5,7-8,10,14-15,19-21H2,1-4H3,(H2,31,32,36). The van der Waals surface area contributed by atoms with Gasteiger partial charge in [0, 0.05) is 30.2 Å². The number of amides is 2. The molecule has 0 aromatic heterocycles. The fourth-order valence-corrected chi connectivity index (χ4v) is 5.36. The minimum absolute atomic E-state index is 0.123. The Hall–Kier alpha value is -3.02. The zero-order valence-corrected chi connectivity index (χ0v) is 22.3. The number of aryl methyl sites for hydroxylation is 1. The molecule has 0 spiro atoms. The number of fused-ring (bicyclic) bond motifs is 1. The monoisotopic (exact) mass is 490 g/mol. The Morgan fingerprint density at radius 3 is 2.56 bits per heavy atom. The van der Waals surface area contributed by atoms with Gasteiger partial charge in [0.1, 0.15) is 0 Å². The second kappa shape index (κ2) is 11.4. The first-order valence-corrected chi connectivity index (χ1v) is 13.5. The fraction of sp³-hybridized carbons (Fsp3) is 0.533. The summed E-state index contributed by atoms with van der Waals surface area (Å²) in [5.41, 5.74) is 3.76. The number of allylic oxidation sites excluding steroid dienone is 4. The number of hydrogen-bond donors (Lipinski definition) is 2. The Morgan fingerprint density at radius 1 is 1.06 bits per heavy atom. The summed E-state index contributed by atoms with van der Waals surface area (Å²) in [4.78, 5) is 31.0. The summed E-state index contributed by atoms with van der Waals surface area (Å²) in [6.07, 6.45) is 15.7. The highest BCUT2D eigenvalue weighted by Gasteiger charge is 2.35. The number of carbonyl (C=O) groups excluding carboxylic acids is 2.